The van der Waals surface area contributed by atoms with E-state index in [9.17, 15) is 4.79 Å². The summed E-state index contributed by atoms with van der Waals surface area (Å²) in [5.41, 5.74) is 3.18. The number of rotatable bonds is 3. The fraction of sp³-hybridized carbons (Fsp3) is 0.400. The maximum Gasteiger partial charge on any atom is 0.158 e. The van der Waals surface area contributed by atoms with Gasteiger partial charge in [-0.3, -0.25) is 4.79 Å². The molecule has 0 aliphatic heterocycles. The highest BCUT2D eigenvalue weighted by atomic mass is 16.5. The van der Waals surface area contributed by atoms with E-state index in [2.05, 4.69) is 25.6 Å². The molecular formula is C15H18O2. The minimum Gasteiger partial charge on any atom is -0.496 e. The second-order valence-corrected chi connectivity index (χ2v) is 4.56. The first-order chi connectivity index (χ1) is 8.15. The maximum atomic E-state index is 11.6. The van der Waals surface area contributed by atoms with Crippen LogP contribution < -0.4 is 4.74 Å². The first-order valence-electron chi connectivity index (χ1n) is 6.03. The van der Waals surface area contributed by atoms with Crippen molar-refractivity contribution in [2.24, 2.45) is 0 Å². The molecule has 0 amide bonds. The van der Waals surface area contributed by atoms with Crippen molar-refractivity contribution in [3.63, 3.8) is 0 Å². The highest BCUT2D eigenvalue weighted by Crippen LogP contribution is 2.39. The highest BCUT2D eigenvalue weighted by Gasteiger charge is 2.29. The van der Waals surface area contributed by atoms with Gasteiger partial charge in [-0.15, -0.1) is 0 Å². The van der Waals surface area contributed by atoms with Crippen LogP contribution in [-0.2, 0) is 11.2 Å². The van der Waals surface area contributed by atoms with Crippen LogP contribution in [0.5, 0.6) is 5.75 Å². The van der Waals surface area contributed by atoms with Gasteiger partial charge in [-0.2, -0.15) is 0 Å². The zero-order valence-electron chi connectivity index (χ0n) is 10.5. The molecule has 2 nitrogen and oxygen atoms in total. The number of benzene rings is 1. The number of carbonyl (C=O) groups is 1. The molecule has 90 valence electrons. The Labute approximate surface area is 102 Å². The van der Waals surface area contributed by atoms with Gasteiger partial charge in [0.1, 0.15) is 5.75 Å². The summed E-state index contributed by atoms with van der Waals surface area (Å²) < 4.78 is 5.39. The molecule has 1 aliphatic rings. The summed E-state index contributed by atoms with van der Waals surface area (Å²) in [7, 11) is 1.68. The molecule has 1 atom stereocenters. The van der Waals surface area contributed by atoms with Crippen LogP contribution in [0.2, 0.25) is 0 Å². The molecule has 0 saturated heterocycles. The average Bonchev–Trinajstić information content (AvgIpc) is 2.68. The molecule has 1 unspecified atom stereocenters. The summed E-state index contributed by atoms with van der Waals surface area (Å²) in [5, 5.41) is 0. The van der Waals surface area contributed by atoms with Crippen LogP contribution in [0.3, 0.4) is 0 Å². The average molecular weight is 230 g/mol. The predicted molar refractivity (Wildman–Crippen MR) is 68.5 cm³/mol. The van der Waals surface area contributed by atoms with E-state index in [-0.39, 0.29) is 11.7 Å². The largest absolute Gasteiger partial charge is 0.496 e. The van der Waals surface area contributed by atoms with Gasteiger partial charge in [-0.25, -0.2) is 0 Å². The molecule has 0 aromatic heterocycles. The first-order valence-corrected chi connectivity index (χ1v) is 6.03. The van der Waals surface area contributed by atoms with Gasteiger partial charge in [0, 0.05) is 6.42 Å². The lowest BCUT2D eigenvalue weighted by atomic mass is 9.94. The van der Waals surface area contributed by atoms with Crippen LogP contribution in [-0.4, -0.2) is 12.9 Å². The van der Waals surface area contributed by atoms with Crippen LogP contribution in [0.1, 0.15) is 36.8 Å². The monoisotopic (exact) mass is 230 g/mol. The molecule has 0 radical (unpaired) electrons. The smallest absolute Gasteiger partial charge is 0.158 e. The fourth-order valence-electron chi connectivity index (χ4n) is 2.39. The third-order valence-electron chi connectivity index (χ3n) is 3.46. The summed E-state index contributed by atoms with van der Waals surface area (Å²) >= 11 is 0. The van der Waals surface area contributed by atoms with Gasteiger partial charge >= 0.3 is 0 Å². The van der Waals surface area contributed by atoms with Crippen LogP contribution in [0, 0.1) is 0 Å². The Hall–Kier alpha value is -1.57. The van der Waals surface area contributed by atoms with Crippen molar-refractivity contribution >= 4 is 5.78 Å². The van der Waals surface area contributed by atoms with E-state index in [0.717, 1.165) is 29.7 Å². The van der Waals surface area contributed by atoms with Crippen molar-refractivity contribution in [1.82, 2.24) is 0 Å². The van der Waals surface area contributed by atoms with Gasteiger partial charge < -0.3 is 4.74 Å². The zero-order valence-corrected chi connectivity index (χ0v) is 10.5. The summed E-state index contributed by atoms with van der Waals surface area (Å²) in [4.78, 5) is 11.6. The van der Waals surface area contributed by atoms with Crippen molar-refractivity contribution in [3.8, 4) is 5.75 Å². The number of Topliss-reactive ketones (excluding diaryl/α,β-unsaturated/α-hetero) is 1. The fourth-order valence-corrected chi connectivity index (χ4v) is 2.39. The minimum absolute atomic E-state index is 0.193. The number of methoxy groups -OCH3 is 1. The maximum absolute atomic E-state index is 11.6. The molecule has 2 rings (SSSR count). The lowest BCUT2D eigenvalue weighted by molar-refractivity contribution is -0.114. The number of carbonyl (C=O) groups excluding carboxylic acids is 1. The molecule has 0 spiro atoms. The quantitative estimate of drug-likeness (QED) is 0.745. The topological polar surface area (TPSA) is 26.3 Å². The van der Waals surface area contributed by atoms with E-state index in [1.54, 1.807) is 7.11 Å². The number of allylic oxidation sites excluding steroid dienone is 1. The second kappa shape index (κ2) is 4.74. The van der Waals surface area contributed by atoms with E-state index >= 15 is 0 Å². The molecule has 1 aromatic rings. The normalized spacial score (nSPS) is 19.8. The van der Waals surface area contributed by atoms with Crippen LogP contribution in [0.25, 0.3) is 0 Å². The molecule has 2 heteroatoms. The molecule has 0 heterocycles. The Balaban J connectivity index is 2.36. The first kappa shape index (κ1) is 11.9. The Morgan fingerprint density at radius 3 is 2.71 bits per heavy atom. The van der Waals surface area contributed by atoms with Crippen LogP contribution in [0.15, 0.2) is 30.4 Å². The SMILES string of the molecule is C=C1CC(c2cc(CC)ccc2OC)CC1=O. The zero-order chi connectivity index (χ0) is 12.4. The predicted octanol–water partition coefficient (Wildman–Crippen LogP) is 3.26. The highest BCUT2D eigenvalue weighted by molar-refractivity contribution is 5.98. The van der Waals surface area contributed by atoms with E-state index in [0.29, 0.717) is 6.42 Å². The van der Waals surface area contributed by atoms with Crippen LogP contribution >= 0.6 is 0 Å². The molecule has 0 N–H and O–H groups in total. The third kappa shape index (κ3) is 2.26. The Kier molecular flexibility index (Phi) is 3.32. The second-order valence-electron chi connectivity index (χ2n) is 4.56. The molecule has 17 heavy (non-hydrogen) atoms. The number of hydrogen-bond acceptors (Lipinski definition) is 2. The standard InChI is InChI=1S/C15H18O2/c1-4-11-5-6-15(17-3)13(8-11)12-7-10(2)14(16)9-12/h5-6,8,12H,2,4,7,9H2,1,3H3. The molecule has 1 fully saturated rings. The van der Waals surface area contributed by atoms with Gasteiger partial charge in [0.2, 0.25) is 0 Å². The lowest BCUT2D eigenvalue weighted by Crippen LogP contribution is -1.99. The number of ether oxygens (including phenoxy) is 1. The van der Waals surface area contributed by atoms with Crippen molar-refractivity contribution in [2.75, 3.05) is 7.11 Å². The van der Waals surface area contributed by atoms with Gasteiger partial charge in [-0.1, -0.05) is 25.6 Å². The summed E-state index contributed by atoms with van der Waals surface area (Å²) in [5.74, 6) is 1.32. The minimum atomic E-state index is 0.193. The van der Waals surface area contributed by atoms with Crippen molar-refractivity contribution in [1.29, 1.82) is 0 Å². The van der Waals surface area contributed by atoms with E-state index < -0.39 is 0 Å². The lowest BCUT2D eigenvalue weighted by Gasteiger charge is -2.14. The molecule has 1 aliphatic carbocycles. The van der Waals surface area contributed by atoms with Crippen molar-refractivity contribution in [3.05, 3.63) is 41.5 Å². The molecular weight excluding hydrogens is 212 g/mol. The Bertz CT molecular complexity index is 444. The molecule has 1 saturated carbocycles. The van der Waals surface area contributed by atoms with Gasteiger partial charge in [0.15, 0.2) is 5.78 Å². The third-order valence-corrected chi connectivity index (χ3v) is 3.46. The number of hydrogen-bond donors (Lipinski definition) is 0. The van der Waals surface area contributed by atoms with E-state index in [1.165, 1.54) is 5.56 Å². The Morgan fingerprint density at radius 2 is 2.18 bits per heavy atom. The summed E-state index contributed by atoms with van der Waals surface area (Å²) in [6.07, 6.45) is 2.34. The van der Waals surface area contributed by atoms with E-state index in [4.69, 9.17) is 4.74 Å². The van der Waals surface area contributed by atoms with Gasteiger partial charge in [0.05, 0.1) is 7.11 Å². The van der Waals surface area contributed by atoms with E-state index in [1.807, 2.05) is 6.07 Å². The number of ketones is 1. The summed E-state index contributed by atoms with van der Waals surface area (Å²) in [6, 6.07) is 6.24. The summed E-state index contributed by atoms with van der Waals surface area (Å²) in [6.45, 7) is 5.95. The molecule has 0 bridgehead atoms. The Morgan fingerprint density at radius 1 is 1.41 bits per heavy atom. The van der Waals surface area contributed by atoms with Crippen molar-refractivity contribution < 1.29 is 9.53 Å². The van der Waals surface area contributed by atoms with Crippen LogP contribution in [0.4, 0.5) is 0 Å². The van der Waals surface area contributed by atoms with Crippen molar-refractivity contribution in [2.45, 2.75) is 32.1 Å². The number of aryl methyl sites for hydroxylation is 1. The molecule has 1 aromatic carbocycles. The van der Waals surface area contributed by atoms with Gasteiger partial charge in [-0.05, 0) is 41.5 Å². The van der Waals surface area contributed by atoms with Gasteiger partial charge in [0.25, 0.3) is 0 Å².